The molecule has 2 N–H and O–H groups in total. The molecule has 2 aliphatic heterocycles. The Kier molecular flexibility index (Phi) is 12.4. The monoisotopic (exact) mass is 765 g/mol. The van der Waals surface area contributed by atoms with E-state index in [2.05, 4.69) is 55.3 Å². The van der Waals surface area contributed by atoms with Crippen molar-refractivity contribution in [3.8, 4) is 0 Å². The molecule has 294 valence electrons. The number of hydrogen-bond donors (Lipinski definition) is 2. The molecule has 2 fully saturated rings. The summed E-state index contributed by atoms with van der Waals surface area (Å²) in [5, 5.41) is 4.62. The summed E-state index contributed by atoms with van der Waals surface area (Å²) in [5.41, 5.74) is -1.61. The highest BCUT2D eigenvalue weighted by molar-refractivity contribution is 6.99. The number of esters is 1. The molecule has 1 amide bonds. The molecule has 2 aromatic carbocycles. The van der Waals surface area contributed by atoms with Crippen LogP contribution < -0.4 is 26.9 Å². The Bertz CT molecular complexity index is 1830. The molecule has 3 aromatic rings. The van der Waals surface area contributed by atoms with Gasteiger partial charge in [-0.2, -0.15) is 0 Å². The summed E-state index contributed by atoms with van der Waals surface area (Å²) < 4.78 is 38.3. The molecule has 2 aliphatic rings. The summed E-state index contributed by atoms with van der Waals surface area (Å²) in [6.45, 7) is 17.2. The molecular formula is C40H55N3O10Si. The topological polar surface area (TPSA) is 156 Å². The molecule has 0 saturated carbocycles. The Balaban J connectivity index is 1.36. The van der Waals surface area contributed by atoms with Gasteiger partial charge < -0.3 is 38.0 Å². The van der Waals surface area contributed by atoms with Crippen LogP contribution in [0.5, 0.6) is 0 Å². The van der Waals surface area contributed by atoms with Crippen LogP contribution in [-0.2, 0) is 39.4 Å². The molecule has 0 spiro atoms. The van der Waals surface area contributed by atoms with Crippen LogP contribution in [-0.4, -0.2) is 78.9 Å². The smallest absolute Gasteiger partial charge is 0.407 e. The van der Waals surface area contributed by atoms with E-state index in [1.165, 1.54) is 17.7 Å². The third-order valence-corrected chi connectivity index (χ3v) is 14.6. The minimum Gasteiger partial charge on any atom is -0.460 e. The predicted molar refractivity (Wildman–Crippen MR) is 205 cm³/mol. The molecule has 5 atom stereocenters. The van der Waals surface area contributed by atoms with E-state index in [-0.39, 0.29) is 36.7 Å². The molecule has 3 heterocycles. The molecule has 0 bridgehead atoms. The van der Waals surface area contributed by atoms with E-state index in [9.17, 15) is 19.2 Å². The van der Waals surface area contributed by atoms with Crippen molar-refractivity contribution in [3.05, 3.63) is 93.3 Å². The first-order valence-electron chi connectivity index (χ1n) is 18.5. The Hall–Kier alpha value is -4.08. The van der Waals surface area contributed by atoms with Crippen LogP contribution in [0.25, 0.3) is 0 Å². The van der Waals surface area contributed by atoms with Crippen molar-refractivity contribution < 1.29 is 37.7 Å². The number of nitrogens with one attached hydrogen (secondary N) is 2. The van der Waals surface area contributed by atoms with Crippen molar-refractivity contribution in [2.75, 3.05) is 13.2 Å². The van der Waals surface area contributed by atoms with Crippen LogP contribution in [0.1, 0.15) is 86.8 Å². The lowest BCUT2D eigenvalue weighted by atomic mass is 10.1. The second-order valence-electron chi connectivity index (χ2n) is 16.4. The second kappa shape index (κ2) is 16.3. The molecule has 14 heteroatoms. The van der Waals surface area contributed by atoms with Crippen LogP contribution in [0.15, 0.2) is 76.4 Å². The Morgan fingerprint density at radius 2 is 1.52 bits per heavy atom. The van der Waals surface area contributed by atoms with E-state index >= 15 is 0 Å². The van der Waals surface area contributed by atoms with Crippen molar-refractivity contribution >= 4 is 30.8 Å². The van der Waals surface area contributed by atoms with Crippen molar-refractivity contribution in [2.24, 2.45) is 0 Å². The zero-order valence-electron chi connectivity index (χ0n) is 32.8. The number of benzene rings is 2. The zero-order chi connectivity index (χ0) is 39.5. The lowest BCUT2D eigenvalue weighted by molar-refractivity contribution is -0.150. The van der Waals surface area contributed by atoms with Gasteiger partial charge in [0, 0.05) is 32.6 Å². The van der Waals surface area contributed by atoms with Gasteiger partial charge in [-0.1, -0.05) is 81.4 Å². The van der Waals surface area contributed by atoms with Crippen molar-refractivity contribution in [2.45, 2.75) is 129 Å². The van der Waals surface area contributed by atoms with Gasteiger partial charge in [0.25, 0.3) is 13.9 Å². The molecule has 0 aliphatic carbocycles. The van der Waals surface area contributed by atoms with Crippen molar-refractivity contribution in [1.82, 2.24) is 14.9 Å². The van der Waals surface area contributed by atoms with Crippen LogP contribution in [0.2, 0.25) is 5.04 Å². The van der Waals surface area contributed by atoms with Crippen LogP contribution in [0, 0.1) is 0 Å². The Morgan fingerprint density at radius 1 is 0.926 bits per heavy atom. The number of rotatable bonds is 12. The predicted octanol–water partition coefficient (Wildman–Crippen LogP) is 4.31. The largest absolute Gasteiger partial charge is 0.460 e. The highest BCUT2D eigenvalue weighted by Gasteiger charge is 2.52. The second-order valence-corrected chi connectivity index (χ2v) is 20.7. The SMILES string of the molecule is CC(=O)O[C@@H]1C[C@H](c2cn(CCC3OC(C)(C)OC3CNC(=O)OC(C)(C)C)c(=O)[nH]c2=O)O[C@@H]1CO[Si](c1ccccc1)(c1ccccc1)C(C)(C)C. The number of ether oxygens (including phenoxy) is 5. The number of aryl methyl sites for hydroxylation is 1. The standard InChI is InChI=1S/C40H55N3O10Si/c1-26(44)49-32-22-31(50-34(32)25-48-54(39(5,6)7,27-16-12-10-13-17-27)28-18-14-11-15-19-28)29-24-43(36(46)42-35(29)45)21-20-30-33(52-40(8,9)51-30)23-41-37(47)53-38(2,3)4/h10-19,24,30-34H,20-23,25H2,1-9H3,(H,41,47)(H,42,45,46)/t30?,31-,32-,33?,34-/m1/s1. The number of hydrogen-bond acceptors (Lipinski definition) is 10. The maximum absolute atomic E-state index is 13.3. The summed E-state index contributed by atoms with van der Waals surface area (Å²) >= 11 is 0. The molecule has 0 radical (unpaired) electrons. The number of aromatic nitrogens is 2. The molecule has 2 saturated heterocycles. The third kappa shape index (κ3) is 9.77. The van der Waals surface area contributed by atoms with Crippen LogP contribution in [0.3, 0.4) is 0 Å². The quantitative estimate of drug-likeness (QED) is 0.201. The fraction of sp³-hybridized carbons (Fsp3) is 0.550. The lowest BCUT2D eigenvalue weighted by Crippen LogP contribution is -2.67. The highest BCUT2D eigenvalue weighted by atomic mass is 28.4. The minimum absolute atomic E-state index is 0.104. The Labute approximate surface area is 317 Å². The van der Waals surface area contributed by atoms with E-state index < -0.39 is 73.5 Å². The number of carbonyl (C=O) groups is 2. The van der Waals surface area contributed by atoms with Gasteiger partial charge in [0.05, 0.1) is 24.4 Å². The first-order chi connectivity index (χ1) is 25.3. The van der Waals surface area contributed by atoms with Crippen molar-refractivity contribution in [3.63, 3.8) is 0 Å². The van der Waals surface area contributed by atoms with Crippen LogP contribution in [0.4, 0.5) is 4.79 Å². The first-order valence-corrected chi connectivity index (χ1v) is 20.4. The van der Waals surface area contributed by atoms with Gasteiger partial charge in [0.1, 0.15) is 23.9 Å². The fourth-order valence-electron chi connectivity index (χ4n) is 7.38. The van der Waals surface area contributed by atoms with Gasteiger partial charge in [0.2, 0.25) is 0 Å². The fourth-order valence-corrected chi connectivity index (χ4v) is 12.0. The molecular weight excluding hydrogens is 711 g/mol. The maximum atomic E-state index is 13.3. The number of amides is 1. The average Bonchev–Trinajstić information content (AvgIpc) is 3.61. The summed E-state index contributed by atoms with van der Waals surface area (Å²) in [5.74, 6) is -1.39. The summed E-state index contributed by atoms with van der Waals surface area (Å²) in [7, 11) is -2.96. The highest BCUT2D eigenvalue weighted by Crippen LogP contribution is 2.39. The van der Waals surface area contributed by atoms with Gasteiger partial charge in [-0.25, -0.2) is 9.59 Å². The van der Waals surface area contributed by atoms with E-state index in [1.807, 2.05) is 36.4 Å². The Morgan fingerprint density at radius 3 is 2.07 bits per heavy atom. The van der Waals surface area contributed by atoms with Crippen molar-refractivity contribution in [1.29, 1.82) is 0 Å². The molecule has 1 aromatic heterocycles. The summed E-state index contributed by atoms with van der Waals surface area (Å²) in [6, 6.07) is 20.4. The number of H-pyrrole nitrogens is 1. The molecule has 5 rings (SSSR count). The van der Waals surface area contributed by atoms with E-state index in [1.54, 1.807) is 34.6 Å². The zero-order valence-corrected chi connectivity index (χ0v) is 33.8. The van der Waals surface area contributed by atoms with Gasteiger partial charge in [-0.05, 0) is 56.5 Å². The van der Waals surface area contributed by atoms with Crippen LogP contribution >= 0.6 is 0 Å². The van der Waals surface area contributed by atoms with E-state index in [0.29, 0.717) is 6.42 Å². The van der Waals surface area contributed by atoms with Gasteiger partial charge >= 0.3 is 17.8 Å². The minimum atomic E-state index is -2.96. The lowest BCUT2D eigenvalue weighted by Gasteiger charge is -2.43. The third-order valence-electron chi connectivity index (χ3n) is 9.57. The summed E-state index contributed by atoms with van der Waals surface area (Å²) in [4.78, 5) is 53.4. The molecule has 2 unspecified atom stereocenters. The van der Waals surface area contributed by atoms with Gasteiger partial charge in [0.15, 0.2) is 5.79 Å². The normalized spacial score (nSPS) is 22.9. The summed E-state index contributed by atoms with van der Waals surface area (Å²) in [6.07, 6.45) is -1.70. The van der Waals surface area contributed by atoms with E-state index in [4.69, 9.17) is 28.1 Å². The number of carbonyl (C=O) groups excluding carboxylic acids is 2. The van der Waals surface area contributed by atoms with Gasteiger partial charge in [-0.15, -0.1) is 0 Å². The molecule has 13 nitrogen and oxygen atoms in total. The number of nitrogens with zero attached hydrogens (tertiary/aromatic N) is 1. The number of aromatic amines is 1. The number of alkyl carbamates (subject to hydrolysis) is 1. The van der Waals surface area contributed by atoms with Gasteiger partial charge in [-0.3, -0.25) is 14.6 Å². The average molecular weight is 766 g/mol. The first kappa shape index (κ1) is 41.1. The van der Waals surface area contributed by atoms with E-state index in [0.717, 1.165) is 10.4 Å². The molecule has 54 heavy (non-hydrogen) atoms. The maximum Gasteiger partial charge on any atom is 0.407 e.